The minimum absolute atomic E-state index is 0.154. The SMILES string of the molecule is CN(Cc1ccc(F)cc1)C(=O)CN1C(=O)C(C(=O)NCC(=O)O)C(=O)CC1(C)C. The van der Waals surface area contributed by atoms with E-state index in [0.29, 0.717) is 5.56 Å². The molecule has 2 rings (SSSR count). The topological polar surface area (TPSA) is 124 Å². The molecule has 10 heteroatoms. The van der Waals surface area contributed by atoms with Gasteiger partial charge >= 0.3 is 5.97 Å². The molecular weight excluding hydrogens is 397 g/mol. The molecule has 1 saturated heterocycles. The molecule has 1 heterocycles. The molecule has 0 bridgehead atoms. The first-order valence-electron chi connectivity index (χ1n) is 9.24. The summed E-state index contributed by atoms with van der Waals surface area (Å²) in [6, 6.07) is 5.63. The van der Waals surface area contributed by atoms with E-state index in [2.05, 4.69) is 0 Å². The van der Waals surface area contributed by atoms with E-state index in [1.807, 2.05) is 5.32 Å². The Labute approximate surface area is 172 Å². The lowest BCUT2D eigenvalue weighted by molar-refractivity contribution is -0.161. The van der Waals surface area contributed by atoms with Gasteiger partial charge in [-0.3, -0.25) is 24.0 Å². The Hall–Kier alpha value is -3.30. The average Bonchev–Trinajstić information content (AvgIpc) is 2.64. The number of aliphatic carboxylic acids is 1. The quantitative estimate of drug-likeness (QED) is 0.606. The number of carbonyl (C=O) groups excluding carboxylic acids is 4. The number of carboxylic acids is 1. The molecular formula is C20H24FN3O6. The summed E-state index contributed by atoms with van der Waals surface area (Å²) in [4.78, 5) is 63.3. The van der Waals surface area contributed by atoms with E-state index < -0.39 is 53.3 Å². The van der Waals surface area contributed by atoms with Crippen molar-refractivity contribution in [3.05, 3.63) is 35.6 Å². The van der Waals surface area contributed by atoms with Crippen molar-refractivity contribution < 1.29 is 33.5 Å². The van der Waals surface area contributed by atoms with Crippen molar-refractivity contribution >= 4 is 29.5 Å². The van der Waals surface area contributed by atoms with Crippen LogP contribution < -0.4 is 5.32 Å². The van der Waals surface area contributed by atoms with E-state index in [1.54, 1.807) is 13.8 Å². The second kappa shape index (κ2) is 9.02. The molecule has 162 valence electrons. The Bertz CT molecular complexity index is 868. The molecule has 1 aromatic rings. The summed E-state index contributed by atoms with van der Waals surface area (Å²) in [7, 11) is 1.52. The van der Waals surface area contributed by atoms with E-state index in [-0.39, 0.29) is 19.5 Å². The molecule has 0 aromatic heterocycles. The van der Waals surface area contributed by atoms with Gasteiger partial charge in [-0.25, -0.2) is 4.39 Å². The van der Waals surface area contributed by atoms with Crippen LogP contribution in [0.3, 0.4) is 0 Å². The number of amides is 3. The van der Waals surface area contributed by atoms with Crippen LogP contribution in [0.25, 0.3) is 0 Å². The van der Waals surface area contributed by atoms with Gasteiger partial charge < -0.3 is 20.2 Å². The van der Waals surface area contributed by atoms with Crippen LogP contribution in [0.15, 0.2) is 24.3 Å². The van der Waals surface area contributed by atoms with E-state index >= 15 is 0 Å². The maximum atomic E-state index is 13.0. The van der Waals surface area contributed by atoms with Gasteiger partial charge in [-0.05, 0) is 31.5 Å². The van der Waals surface area contributed by atoms with Crippen LogP contribution in [0.4, 0.5) is 4.39 Å². The molecule has 1 aliphatic rings. The van der Waals surface area contributed by atoms with Crippen molar-refractivity contribution in [2.75, 3.05) is 20.1 Å². The van der Waals surface area contributed by atoms with Crippen LogP contribution in [0.1, 0.15) is 25.8 Å². The van der Waals surface area contributed by atoms with Gasteiger partial charge in [-0.2, -0.15) is 0 Å². The maximum absolute atomic E-state index is 13.0. The number of carboxylic acid groups (broad SMARTS) is 1. The maximum Gasteiger partial charge on any atom is 0.322 e. The Morgan fingerprint density at radius 3 is 2.40 bits per heavy atom. The minimum Gasteiger partial charge on any atom is -0.480 e. The van der Waals surface area contributed by atoms with Crippen molar-refractivity contribution in [2.24, 2.45) is 5.92 Å². The highest BCUT2D eigenvalue weighted by Crippen LogP contribution is 2.29. The number of benzene rings is 1. The number of nitrogens with one attached hydrogen (secondary N) is 1. The van der Waals surface area contributed by atoms with Crippen molar-refractivity contribution in [1.82, 2.24) is 15.1 Å². The lowest BCUT2D eigenvalue weighted by atomic mass is 9.82. The molecule has 1 aromatic carbocycles. The van der Waals surface area contributed by atoms with Crippen LogP contribution in [0.2, 0.25) is 0 Å². The van der Waals surface area contributed by atoms with Gasteiger partial charge in [0.1, 0.15) is 18.9 Å². The summed E-state index contributed by atoms with van der Waals surface area (Å²) < 4.78 is 13.0. The third-order valence-electron chi connectivity index (χ3n) is 4.90. The van der Waals surface area contributed by atoms with Crippen LogP contribution in [0, 0.1) is 11.7 Å². The summed E-state index contributed by atoms with van der Waals surface area (Å²) in [5, 5.41) is 10.7. The van der Waals surface area contributed by atoms with Gasteiger partial charge in [-0.15, -0.1) is 0 Å². The number of nitrogens with zero attached hydrogens (tertiary/aromatic N) is 2. The number of carbonyl (C=O) groups is 5. The van der Waals surface area contributed by atoms with E-state index in [9.17, 15) is 28.4 Å². The van der Waals surface area contributed by atoms with Crippen molar-refractivity contribution in [1.29, 1.82) is 0 Å². The number of ketones is 1. The average molecular weight is 421 g/mol. The van der Waals surface area contributed by atoms with Gasteiger partial charge in [0.25, 0.3) is 0 Å². The Kier molecular flexibility index (Phi) is 6.91. The summed E-state index contributed by atoms with van der Waals surface area (Å²) >= 11 is 0. The molecule has 1 atom stereocenters. The van der Waals surface area contributed by atoms with Crippen LogP contribution in [0.5, 0.6) is 0 Å². The van der Waals surface area contributed by atoms with Crippen molar-refractivity contribution in [2.45, 2.75) is 32.4 Å². The Morgan fingerprint density at radius 1 is 1.23 bits per heavy atom. The molecule has 0 saturated carbocycles. The zero-order valence-corrected chi connectivity index (χ0v) is 17.0. The van der Waals surface area contributed by atoms with E-state index in [0.717, 1.165) is 0 Å². The van der Waals surface area contributed by atoms with E-state index in [1.165, 1.54) is 41.1 Å². The second-order valence-electron chi connectivity index (χ2n) is 7.80. The van der Waals surface area contributed by atoms with Crippen molar-refractivity contribution in [3.63, 3.8) is 0 Å². The zero-order valence-electron chi connectivity index (χ0n) is 17.0. The fourth-order valence-corrected chi connectivity index (χ4v) is 3.24. The smallest absolute Gasteiger partial charge is 0.322 e. The molecule has 1 unspecified atom stereocenters. The number of rotatable bonds is 7. The molecule has 3 amide bonds. The number of hydrogen-bond donors (Lipinski definition) is 2. The Morgan fingerprint density at radius 2 is 1.83 bits per heavy atom. The minimum atomic E-state index is -1.69. The van der Waals surface area contributed by atoms with Gasteiger partial charge in [0.15, 0.2) is 11.7 Å². The van der Waals surface area contributed by atoms with Gasteiger partial charge in [0, 0.05) is 25.6 Å². The standard InChI is InChI=1S/C20H24FN3O6/c1-20(2)8-14(25)17(18(29)22-9-16(27)28)19(30)24(20)11-15(26)23(3)10-12-4-6-13(21)7-5-12/h4-7,17H,8-11H2,1-3H3,(H,22,29)(H,27,28). The van der Waals surface area contributed by atoms with Gasteiger partial charge in [-0.1, -0.05) is 12.1 Å². The molecule has 30 heavy (non-hydrogen) atoms. The third kappa shape index (κ3) is 5.40. The molecule has 0 spiro atoms. The largest absolute Gasteiger partial charge is 0.480 e. The lowest BCUT2D eigenvalue weighted by Crippen LogP contribution is -2.62. The highest BCUT2D eigenvalue weighted by Gasteiger charge is 2.49. The highest BCUT2D eigenvalue weighted by molar-refractivity contribution is 6.20. The zero-order chi connectivity index (χ0) is 22.6. The number of hydrogen-bond acceptors (Lipinski definition) is 5. The molecule has 2 N–H and O–H groups in total. The molecule has 1 fully saturated rings. The Balaban J connectivity index is 2.12. The molecule has 1 aliphatic heterocycles. The van der Waals surface area contributed by atoms with Crippen LogP contribution >= 0.6 is 0 Å². The summed E-state index contributed by atoms with van der Waals surface area (Å²) in [6.07, 6.45) is -0.154. The predicted molar refractivity (Wildman–Crippen MR) is 102 cm³/mol. The number of halogens is 1. The number of likely N-dealkylation sites (tertiary alicyclic amines) is 1. The lowest BCUT2D eigenvalue weighted by Gasteiger charge is -2.43. The first-order valence-corrected chi connectivity index (χ1v) is 9.24. The number of piperidine rings is 1. The monoisotopic (exact) mass is 421 g/mol. The molecule has 0 radical (unpaired) electrons. The third-order valence-corrected chi connectivity index (χ3v) is 4.90. The molecule has 9 nitrogen and oxygen atoms in total. The normalized spacial score (nSPS) is 18.1. The summed E-state index contributed by atoms with van der Waals surface area (Å²) in [5.74, 6) is -6.30. The first kappa shape index (κ1) is 23.0. The molecule has 0 aliphatic carbocycles. The number of Topliss-reactive ketones (excluding diaryl/α,β-unsaturated/α-hetero) is 1. The fraction of sp³-hybridized carbons (Fsp3) is 0.450. The predicted octanol–water partition coefficient (Wildman–Crippen LogP) is 0.181. The first-order chi connectivity index (χ1) is 13.9. The van der Waals surface area contributed by atoms with Gasteiger partial charge in [0.2, 0.25) is 17.7 Å². The fourth-order valence-electron chi connectivity index (χ4n) is 3.24. The summed E-state index contributed by atoms with van der Waals surface area (Å²) in [5.41, 5.74) is -0.304. The summed E-state index contributed by atoms with van der Waals surface area (Å²) in [6.45, 7) is 2.32. The van der Waals surface area contributed by atoms with E-state index in [4.69, 9.17) is 5.11 Å². The number of likely N-dealkylation sites (N-methyl/N-ethyl adjacent to an activating group) is 1. The van der Waals surface area contributed by atoms with Crippen molar-refractivity contribution in [3.8, 4) is 0 Å². The highest BCUT2D eigenvalue weighted by atomic mass is 19.1. The van der Waals surface area contributed by atoms with Crippen LogP contribution in [-0.2, 0) is 30.5 Å². The van der Waals surface area contributed by atoms with Gasteiger partial charge in [0.05, 0.1) is 0 Å². The second-order valence-corrected chi connectivity index (χ2v) is 7.80. The van der Waals surface area contributed by atoms with Crippen LogP contribution in [-0.4, -0.2) is 70.1 Å².